The lowest BCUT2D eigenvalue weighted by Crippen LogP contribution is -1.62. The largest absolute Gasteiger partial charge is 0.220 e. The predicted octanol–water partition coefficient (Wildman–Crippen LogP) is 2.43. The summed E-state index contributed by atoms with van der Waals surface area (Å²) in [4.78, 5) is 1.37. The van der Waals surface area contributed by atoms with Gasteiger partial charge in [0.1, 0.15) is 0 Å². The van der Waals surface area contributed by atoms with E-state index in [4.69, 9.17) is 0 Å². The highest BCUT2D eigenvalue weighted by Gasteiger charge is 2.18. The Bertz CT molecular complexity index is 170. The normalized spacial score (nSPS) is 24.1. The molecule has 0 heterocycles. The van der Waals surface area contributed by atoms with Crippen molar-refractivity contribution in [1.29, 1.82) is 0 Å². The van der Waals surface area contributed by atoms with Gasteiger partial charge in [0, 0.05) is 29.0 Å². The lowest BCUT2D eigenvalue weighted by molar-refractivity contribution is 1.08. The van der Waals surface area contributed by atoms with Crippen LogP contribution in [0, 0.1) is 5.92 Å². The highest BCUT2D eigenvalue weighted by Crippen LogP contribution is 2.38. The van der Waals surface area contributed by atoms with Crippen molar-refractivity contribution in [2.24, 2.45) is 10.3 Å². The van der Waals surface area contributed by atoms with Gasteiger partial charge >= 0.3 is 0 Å². The van der Waals surface area contributed by atoms with Gasteiger partial charge in [-0.2, -0.15) is 0 Å². The standard InChI is InChI=1S/C7H9NS/c1-3-4-8-9-7-5-6(7)2/h3-6H,1H2,2H3/b8-4-. The van der Waals surface area contributed by atoms with E-state index in [2.05, 4.69) is 24.0 Å². The minimum atomic E-state index is 0.678. The zero-order valence-electron chi connectivity index (χ0n) is 5.37. The maximum atomic E-state index is 4.01. The Morgan fingerprint density at radius 3 is 3.00 bits per heavy atom. The molecule has 0 aromatic rings. The van der Waals surface area contributed by atoms with Crippen LogP contribution in [0.2, 0.25) is 0 Å². The fourth-order valence-electron chi connectivity index (χ4n) is 0.446. The number of hydrogen-bond donors (Lipinski definition) is 0. The van der Waals surface area contributed by atoms with E-state index in [0.29, 0.717) is 5.92 Å². The first-order valence-corrected chi connectivity index (χ1v) is 3.65. The summed E-state index contributed by atoms with van der Waals surface area (Å²) in [7, 11) is 0. The molecule has 1 unspecified atom stereocenters. The molecule has 1 aliphatic rings. The minimum absolute atomic E-state index is 0.678. The molecule has 1 aliphatic carbocycles. The summed E-state index contributed by atoms with van der Waals surface area (Å²) in [5, 5.41) is 0. The molecular weight excluding hydrogens is 130 g/mol. The van der Waals surface area contributed by atoms with Crippen LogP contribution in [0.4, 0.5) is 0 Å². The Kier molecular flexibility index (Phi) is 2.11. The molecule has 0 N–H and O–H groups in total. The van der Waals surface area contributed by atoms with Crippen LogP contribution < -0.4 is 0 Å². The predicted molar refractivity (Wildman–Crippen MR) is 43.5 cm³/mol. The Labute approximate surface area is 59.7 Å². The Morgan fingerprint density at radius 1 is 1.89 bits per heavy atom. The molecule has 0 amide bonds. The van der Waals surface area contributed by atoms with E-state index < -0.39 is 0 Å². The van der Waals surface area contributed by atoms with Gasteiger partial charge in [-0.1, -0.05) is 25.7 Å². The summed E-state index contributed by atoms with van der Waals surface area (Å²) in [5.74, 6) is 0.678. The smallest absolute Gasteiger partial charge is 0.0349 e. The summed E-state index contributed by atoms with van der Waals surface area (Å²) in [6.45, 7) is 5.67. The lowest BCUT2D eigenvalue weighted by atomic mass is 10.5. The van der Waals surface area contributed by atoms with Crippen molar-refractivity contribution in [1.82, 2.24) is 0 Å². The third-order valence-electron chi connectivity index (χ3n) is 1.08. The van der Waals surface area contributed by atoms with Crippen LogP contribution in [0.25, 0.3) is 0 Å². The molecule has 0 saturated heterocycles. The summed E-state index contributed by atoms with van der Waals surface area (Å²) < 4.78 is 4.01. The molecule has 48 valence electrons. The van der Waals surface area contributed by atoms with E-state index in [1.165, 1.54) is 16.9 Å². The average Bonchev–Trinajstić information content (AvgIpc) is 2.48. The SMILES string of the molecule is C=C/C=N\SC1=CC1C. The van der Waals surface area contributed by atoms with Gasteiger partial charge in [0.2, 0.25) is 0 Å². The van der Waals surface area contributed by atoms with E-state index >= 15 is 0 Å². The van der Waals surface area contributed by atoms with Crippen molar-refractivity contribution in [2.45, 2.75) is 6.92 Å². The third kappa shape index (κ3) is 2.06. The molecule has 0 spiro atoms. The third-order valence-corrected chi connectivity index (χ3v) is 2.02. The molecule has 0 saturated carbocycles. The average molecular weight is 139 g/mol. The highest BCUT2D eigenvalue weighted by molar-refractivity contribution is 8.02. The van der Waals surface area contributed by atoms with Crippen LogP contribution >= 0.6 is 11.9 Å². The van der Waals surface area contributed by atoms with Crippen molar-refractivity contribution < 1.29 is 0 Å². The van der Waals surface area contributed by atoms with Gasteiger partial charge in [-0.15, -0.1) is 0 Å². The van der Waals surface area contributed by atoms with Crippen molar-refractivity contribution in [2.75, 3.05) is 0 Å². The quantitative estimate of drug-likeness (QED) is 0.432. The Hall–Kier alpha value is -0.500. The zero-order chi connectivity index (χ0) is 6.69. The van der Waals surface area contributed by atoms with Crippen LogP contribution in [0.5, 0.6) is 0 Å². The van der Waals surface area contributed by atoms with E-state index in [9.17, 15) is 0 Å². The van der Waals surface area contributed by atoms with Gasteiger partial charge in [-0.25, -0.2) is 4.40 Å². The lowest BCUT2D eigenvalue weighted by Gasteiger charge is -1.82. The molecule has 0 fully saturated rings. The zero-order valence-corrected chi connectivity index (χ0v) is 6.19. The summed E-state index contributed by atoms with van der Waals surface area (Å²) in [5.41, 5.74) is 0. The first-order valence-electron chi connectivity index (χ1n) is 2.87. The van der Waals surface area contributed by atoms with Gasteiger partial charge in [-0.3, -0.25) is 0 Å². The van der Waals surface area contributed by atoms with E-state index in [0.717, 1.165) is 0 Å². The van der Waals surface area contributed by atoms with Crippen molar-refractivity contribution in [3.63, 3.8) is 0 Å². The van der Waals surface area contributed by atoms with Crippen molar-refractivity contribution in [3.8, 4) is 0 Å². The van der Waals surface area contributed by atoms with Crippen molar-refractivity contribution in [3.05, 3.63) is 23.6 Å². The molecule has 1 nitrogen and oxygen atoms in total. The summed E-state index contributed by atoms with van der Waals surface area (Å²) in [6.07, 6.45) is 5.57. The van der Waals surface area contributed by atoms with Gasteiger partial charge < -0.3 is 0 Å². The molecule has 0 radical (unpaired) electrons. The number of nitrogens with zero attached hydrogens (tertiary/aromatic N) is 1. The van der Waals surface area contributed by atoms with Gasteiger partial charge in [0.05, 0.1) is 0 Å². The maximum absolute atomic E-state index is 4.01. The minimum Gasteiger partial charge on any atom is -0.220 e. The van der Waals surface area contributed by atoms with E-state index in [-0.39, 0.29) is 0 Å². The Morgan fingerprint density at radius 2 is 2.56 bits per heavy atom. The first-order chi connectivity index (χ1) is 4.34. The van der Waals surface area contributed by atoms with Crippen LogP contribution in [0.3, 0.4) is 0 Å². The molecule has 0 aromatic heterocycles. The maximum Gasteiger partial charge on any atom is 0.0349 e. The van der Waals surface area contributed by atoms with Crippen LogP contribution in [-0.2, 0) is 0 Å². The molecular formula is C7H9NS. The van der Waals surface area contributed by atoms with Gasteiger partial charge in [-0.05, 0) is 0 Å². The van der Waals surface area contributed by atoms with E-state index in [1.54, 1.807) is 12.3 Å². The molecule has 0 bridgehead atoms. The second-order valence-corrected chi connectivity index (χ2v) is 2.80. The molecule has 9 heavy (non-hydrogen) atoms. The number of hydrogen-bond acceptors (Lipinski definition) is 2. The fourth-order valence-corrected chi connectivity index (χ4v) is 1.15. The van der Waals surface area contributed by atoms with Gasteiger partial charge in [0.25, 0.3) is 0 Å². The molecule has 0 aliphatic heterocycles. The molecule has 1 rings (SSSR count). The van der Waals surface area contributed by atoms with Gasteiger partial charge in [0.15, 0.2) is 0 Å². The monoisotopic (exact) mass is 139 g/mol. The number of rotatable bonds is 3. The van der Waals surface area contributed by atoms with Crippen LogP contribution in [0.1, 0.15) is 6.92 Å². The highest BCUT2D eigenvalue weighted by atomic mass is 32.2. The molecule has 2 heteroatoms. The molecule has 1 atom stereocenters. The van der Waals surface area contributed by atoms with Crippen LogP contribution in [0.15, 0.2) is 28.0 Å². The molecule has 0 aromatic carbocycles. The van der Waals surface area contributed by atoms with Crippen LogP contribution in [-0.4, -0.2) is 6.21 Å². The van der Waals surface area contributed by atoms with Crippen molar-refractivity contribution >= 4 is 18.2 Å². The summed E-state index contributed by atoms with van der Waals surface area (Å²) in [6, 6.07) is 0. The Balaban J connectivity index is 2.13. The second-order valence-electron chi connectivity index (χ2n) is 1.94. The number of allylic oxidation sites excluding steroid dienone is 3. The summed E-state index contributed by atoms with van der Waals surface area (Å²) >= 11 is 1.53. The second kappa shape index (κ2) is 2.87. The first kappa shape index (κ1) is 6.62. The van der Waals surface area contributed by atoms with E-state index in [1.807, 2.05) is 0 Å². The fraction of sp³-hybridized carbons (Fsp3) is 0.286. The topological polar surface area (TPSA) is 12.4 Å².